The third-order valence-electron chi connectivity index (χ3n) is 3.64. The molecule has 0 aliphatic rings. The zero-order valence-corrected chi connectivity index (χ0v) is 14.2. The van der Waals surface area contributed by atoms with E-state index in [9.17, 15) is 18.0 Å². The Morgan fingerprint density at radius 1 is 0.929 bits per heavy atom. The highest BCUT2D eigenvalue weighted by Crippen LogP contribution is 2.30. The minimum atomic E-state index is -4.40. The van der Waals surface area contributed by atoms with Crippen LogP contribution in [0.2, 0.25) is 0 Å². The van der Waals surface area contributed by atoms with Crippen LogP contribution in [0.5, 0.6) is 0 Å². The van der Waals surface area contributed by atoms with Crippen molar-refractivity contribution in [2.24, 2.45) is 0 Å². The maximum absolute atomic E-state index is 12.6. The highest BCUT2D eigenvalue weighted by atomic mass is 19.4. The molecule has 0 spiro atoms. The summed E-state index contributed by atoms with van der Waals surface area (Å²) in [5, 5.41) is 14.2. The van der Waals surface area contributed by atoms with Crippen molar-refractivity contribution in [2.75, 3.05) is 10.6 Å². The molecule has 1 amide bonds. The molecular formula is C19H12F3N5O. The smallest absolute Gasteiger partial charge is 0.339 e. The molecule has 9 heteroatoms. The minimum Gasteiger partial charge on any atom is -0.339 e. The number of hydrogen-bond acceptors (Lipinski definition) is 5. The van der Waals surface area contributed by atoms with Crippen LogP contribution in [0.4, 0.5) is 30.4 Å². The van der Waals surface area contributed by atoms with Crippen LogP contribution in [-0.2, 0) is 6.18 Å². The normalized spacial score (nSPS) is 10.8. The fourth-order valence-corrected chi connectivity index (χ4v) is 2.22. The van der Waals surface area contributed by atoms with Gasteiger partial charge in [-0.1, -0.05) is 0 Å². The van der Waals surface area contributed by atoms with Gasteiger partial charge in [-0.3, -0.25) is 4.79 Å². The van der Waals surface area contributed by atoms with E-state index in [1.807, 2.05) is 6.07 Å². The molecule has 2 aromatic carbocycles. The lowest BCUT2D eigenvalue weighted by molar-refractivity contribution is -0.137. The van der Waals surface area contributed by atoms with E-state index in [0.29, 0.717) is 16.9 Å². The van der Waals surface area contributed by atoms with E-state index in [1.165, 1.54) is 24.5 Å². The second kappa shape index (κ2) is 7.75. The van der Waals surface area contributed by atoms with Crippen molar-refractivity contribution in [3.05, 3.63) is 77.7 Å². The zero-order valence-electron chi connectivity index (χ0n) is 14.2. The Morgan fingerprint density at radius 3 is 2.11 bits per heavy atom. The average Bonchev–Trinajstić information content (AvgIpc) is 2.69. The number of nitrogens with one attached hydrogen (secondary N) is 2. The quantitative estimate of drug-likeness (QED) is 0.698. The molecule has 0 aliphatic carbocycles. The fraction of sp³-hybridized carbons (Fsp3) is 0.0526. The molecule has 0 bridgehead atoms. The van der Waals surface area contributed by atoms with E-state index >= 15 is 0 Å². The van der Waals surface area contributed by atoms with Crippen LogP contribution in [-0.4, -0.2) is 15.9 Å². The summed E-state index contributed by atoms with van der Waals surface area (Å²) in [7, 11) is 0. The number of halogens is 3. The molecule has 6 nitrogen and oxygen atoms in total. The number of benzene rings is 2. The molecule has 28 heavy (non-hydrogen) atoms. The van der Waals surface area contributed by atoms with E-state index in [-0.39, 0.29) is 11.5 Å². The first kappa shape index (κ1) is 18.8. The molecule has 1 aromatic heterocycles. The lowest BCUT2D eigenvalue weighted by Crippen LogP contribution is -2.14. The number of carbonyl (C=O) groups is 1. The van der Waals surface area contributed by atoms with Crippen LogP contribution in [0.3, 0.4) is 0 Å². The largest absolute Gasteiger partial charge is 0.416 e. The molecule has 3 rings (SSSR count). The van der Waals surface area contributed by atoms with E-state index in [2.05, 4.69) is 20.6 Å². The van der Waals surface area contributed by atoms with E-state index in [1.54, 1.807) is 24.3 Å². The van der Waals surface area contributed by atoms with Crippen LogP contribution in [0.25, 0.3) is 0 Å². The van der Waals surface area contributed by atoms with Gasteiger partial charge in [0, 0.05) is 11.4 Å². The molecule has 2 N–H and O–H groups in total. The Bertz CT molecular complexity index is 1010. The van der Waals surface area contributed by atoms with Crippen molar-refractivity contribution < 1.29 is 18.0 Å². The highest BCUT2D eigenvalue weighted by Gasteiger charge is 2.29. The Kier molecular flexibility index (Phi) is 5.22. The first-order valence-corrected chi connectivity index (χ1v) is 7.93. The molecular weight excluding hydrogens is 371 g/mol. The lowest BCUT2D eigenvalue weighted by atomic mass is 10.2. The summed E-state index contributed by atoms with van der Waals surface area (Å²) in [5.41, 5.74) is 0.674. The summed E-state index contributed by atoms with van der Waals surface area (Å²) in [6.07, 6.45) is -1.86. The van der Waals surface area contributed by atoms with Crippen LogP contribution < -0.4 is 10.6 Å². The third kappa shape index (κ3) is 4.62. The van der Waals surface area contributed by atoms with Crippen molar-refractivity contribution in [1.82, 2.24) is 9.97 Å². The van der Waals surface area contributed by atoms with Gasteiger partial charge in [0.05, 0.1) is 29.6 Å². The summed E-state index contributed by atoms with van der Waals surface area (Å²) in [6, 6.07) is 12.7. The fourth-order valence-electron chi connectivity index (χ4n) is 2.22. The predicted molar refractivity (Wildman–Crippen MR) is 95.9 cm³/mol. The van der Waals surface area contributed by atoms with Crippen LogP contribution in [0.15, 0.2) is 60.9 Å². The van der Waals surface area contributed by atoms with Crippen LogP contribution >= 0.6 is 0 Å². The molecule has 0 atom stereocenters. The molecule has 0 fully saturated rings. The second-order valence-corrected chi connectivity index (χ2v) is 5.63. The molecule has 3 aromatic rings. The van der Waals surface area contributed by atoms with Gasteiger partial charge in [-0.25, -0.2) is 9.97 Å². The van der Waals surface area contributed by atoms with Gasteiger partial charge in [0.1, 0.15) is 11.5 Å². The summed E-state index contributed by atoms with van der Waals surface area (Å²) in [5.74, 6) is -0.215. The number of hydrogen-bond donors (Lipinski definition) is 2. The molecule has 0 saturated carbocycles. The summed E-state index contributed by atoms with van der Waals surface area (Å²) in [6.45, 7) is 0. The second-order valence-electron chi connectivity index (χ2n) is 5.63. The maximum Gasteiger partial charge on any atom is 0.416 e. The van der Waals surface area contributed by atoms with Gasteiger partial charge < -0.3 is 10.6 Å². The average molecular weight is 383 g/mol. The maximum atomic E-state index is 12.6. The lowest BCUT2D eigenvalue weighted by Gasteiger charge is -2.09. The first-order valence-electron chi connectivity index (χ1n) is 7.93. The molecule has 140 valence electrons. The minimum absolute atomic E-state index is 0.0577. The number of nitriles is 1. The molecule has 0 radical (unpaired) electrons. The summed E-state index contributed by atoms with van der Waals surface area (Å²) in [4.78, 5) is 20.2. The number of carbonyl (C=O) groups excluding carboxylic acids is 1. The van der Waals surface area contributed by atoms with E-state index < -0.39 is 17.6 Å². The van der Waals surface area contributed by atoms with E-state index in [0.717, 1.165) is 12.1 Å². The topological polar surface area (TPSA) is 90.7 Å². The molecule has 0 unspecified atom stereocenters. The van der Waals surface area contributed by atoms with Gasteiger partial charge in [-0.2, -0.15) is 18.4 Å². The zero-order chi connectivity index (χ0) is 20.1. The van der Waals surface area contributed by atoms with Crippen molar-refractivity contribution in [1.29, 1.82) is 5.26 Å². The van der Waals surface area contributed by atoms with Gasteiger partial charge in [-0.05, 0) is 48.5 Å². The number of rotatable bonds is 4. The van der Waals surface area contributed by atoms with Gasteiger partial charge in [0.25, 0.3) is 5.91 Å². The van der Waals surface area contributed by atoms with Crippen molar-refractivity contribution in [2.45, 2.75) is 6.18 Å². The third-order valence-corrected chi connectivity index (χ3v) is 3.64. The molecule has 0 saturated heterocycles. The van der Waals surface area contributed by atoms with Crippen molar-refractivity contribution in [3.8, 4) is 6.07 Å². The standard InChI is InChI=1S/C19H12F3N5O/c20-19(21,22)13-3-7-14(8-4-13)26-17-11-24-16(10-25-17)18(28)27-15-5-1-12(9-23)2-6-15/h1-8,10-11H,(H,25,26)(H,27,28). The molecule has 1 heterocycles. The van der Waals surface area contributed by atoms with Crippen molar-refractivity contribution in [3.63, 3.8) is 0 Å². The Labute approximate surface area is 157 Å². The highest BCUT2D eigenvalue weighted by molar-refractivity contribution is 6.02. The first-order chi connectivity index (χ1) is 13.3. The number of aromatic nitrogens is 2. The van der Waals surface area contributed by atoms with Gasteiger partial charge in [-0.15, -0.1) is 0 Å². The SMILES string of the molecule is N#Cc1ccc(NC(=O)c2cnc(Nc3ccc(C(F)(F)F)cc3)cn2)cc1. The van der Waals surface area contributed by atoms with Crippen LogP contribution in [0.1, 0.15) is 21.6 Å². The summed E-state index contributed by atoms with van der Waals surface area (Å²) >= 11 is 0. The predicted octanol–water partition coefficient (Wildman–Crippen LogP) is 4.36. The van der Waals surface area contributed by atoms with Crippen molar-refractivity contribution >= 4 is 23.1 Å². The number of amides is 1. The number of nitrogens with zero attached hydrogens (tertiary/aromatic N) is 3. The van der Waals surface area contributed by atoms with E-state index in [4.69, 9.17) is 5.26 Å². The van der Waals surface area contributed by atoms with Gasteiger partial charge in [0.15, 0.2) is 0 Å². The number of anilines is 3. The Hall–Kier alpha value is -3.93. The van der Waals surface area contributed by atoms with Crippen LogP contribution in [0, 0.1) is 11.3 Å². The molecule has 0 aliphatic heterocycles. The monoisotopic (exact) mass is 383 g/mol. The Balaban J connectivity index is 1.64. The summed E-state index contributed by atoms with van der Waals surface area (Å²) < 4.78 is 37.7. The Morgan fingerprint density at radius 2 is 1.57 bits per heavy atom. The van der Waals surface area contributed by atoms with Gasteiger partial charge >= 0.3 is 6.18 Å². The van der Waals surface area contributed by atoms with Gasteiger partial charge in [0.2, 0.25) is 0 Å². The number of alkyl halides is 3.